The quantitative estimate of drug-likeness (QED) is 0.185. The molecule has 4 aliphatic rings. The summed E-state index contributed by atoms with van der Waals surface area (Å²) in [5, 5.41) is 6.50. The molecule has 2 aliphatic carbocycles. The third-order valence-electron chi connectivity index (χ3n) is 12.0. The first-order valence-electron chi connectivity index (χ1n) is 21.9. The number of ether oxygens (including phenoxy) is 4. The lowest BCUT2D eigenvalue weighted by atomic mass is 9.88. The zero-order valence-corrected chi connectivity index (χ0v) is 38.1. The van der Waals surface area contributed by atoms with Gasteiger partial charge in [0.2, 0.25) is 33.6 Å². The zero-order valence-electron chi connectivity index (χ0n) is 37.3. The summed E-state index contributed by atoms with van der Waals surface area (Å²) >= 11 is 0. The summed E-state index contributed by atoms with van der Waals surface area (Å²) in [7, 11) is -2.36. The minimum absolute atomic E-state index is 0. The van der Waals surface area contributed by atoms with Gasteiger partial charge in [-0.2, -0.15) is 0 Å². The number of carbonyl (C=O) groups is 4. The van der Waals surface area contributed by atoms with Gasteiger partial charge in [0, 0.05) is 39.8 Å². The van der Waals surface area contributed by atoms with Gasteiger partial charge in [-0.05, 0) is 121 Å². The Morgan fingerprint density at radius 3 is 2.48 bits per heavy atom. The molecule has 17 heteroatoms. The van der Waals surface area contributed by atoms with Crippen LogP contribution in [0.15, 0.2) is 54.7 Å². The fourth-order valence-corrected chi connectivity index (χ4v) is 9.87. The second-order valence-corrected chi connectivity index (χ2v) is 20.8. The van der Waals surface area contributed by atoms with Crippen LogP contribution in [0, 0.1) is 17.8 Å². The molecular weight excluding hydrogens is 829 g/mol. The number of sulfonamides is 1. The maximum atomic E-state index is 15.0. The summed E-state index contributed by atoms with van der Waals surface area (Å²) in [5.74, 6) is -1.37. The van der Waals surface area contributed by atoms with E-state index in [9.17, 15) is 22.8 Å². The number of hydrogen-bond acceptors (Lipinski definition) is 12. The van der Waals surface area contributed by atoms with E-state index < -0.39 is 74.3 Å². The molecule has 63 heavy (non-hydrogen) atoms. The van der Waals surface area contributed by atoms with Crippen LogP contribution in [0.3, 0.4) is 0 Å². The van der Waals surface area contributed by atoms with Crippen molar-refractivity contribution in [3.8, 4) is 28.8 Å². The Bertz CT molecular complexity index is 2380. The molecule has 3 fully saturated rings. The van der Waals surface area contributed by atoms with Gasteiger partial charge in [0.25, 0.3) is 5.91 Å². The molecule has 1 aromatic carbocycles. The number of hydrogen-bond donors (Lipinski definition) is 3. The number of aromatic nitrogens is 2. The minimum Gasteiger partial charge on any atom is -0.497 e. The van der Waals surface area contributed by atoms with Gasteiger partial charge in [-0.25, -0.2) is 23.2 Å². The molecule has 346 valence electrons. The van der Waals surface area contributed by atoms with E-state index in [1.165, 1.54) is 4.90 Å². The number of amides is 4. The summed E-state index contributed by atoms with van der Waals surface area (Å²) in [6.07, 6.45) is 6.94. The number of pyridine rings is 2. The number of nitrogens with zero attached hydrogens (tertiary/aromatic N) is 3. The van der Waals surface area contributed by atoms with Crippen molar-refractivity contribution >= 4 is 44.6 Å². The maximum Gasteiger partial charge on any atom is 0.408 e. The van der Waals surface area contributed by atoms with E-state index in [0.29, 0.717) is 54.0 Å². The number of benzene rings is 1. The molecule has 3 N–H and O–H groups in total. The molecule has 0 unspecified atom stereocenters. The van der Waals surface area contributed by atoms with Crippen LogP contribution in [0.4, 0.5) is 4.79 Å². The Balaban J connectivity index is 0.00000317. The molecule has 0 radical (unpaired) electrons. The molecule has 2 aromatic heterocycles. The van der Waals surface area contributed by atoms with Crippen LogP contribution in [0.5, 0.6) is 17.5 Å². The molecule has 7 atom stereocenters. The molecule has 16 nitrogen and oxygen atoms in total. The third kappa shape index (κ3) is 10.7. The van der Waals surface area contributed by atoms with Crippen LogP contribution in [0.2, 0.25) is 0 Å². The number of methoxy groups -OCH3 is 1. The summed E-state index contributed by atoms with van der Waals surface area (Å²) in [6, 6.07) is 8.71. The number of fused-ring (bicyclic) bond motifs is 3. The van der Waals surface area contributed by atoms with E-state index >= 15 is 4.79 Å². The van der Waals surface area contributed by atoms with Gasteiger partial charge in [-0.3, -0.25) is 19.1 Å². The molecule has 4 heterocycles. The van der Waals surface area contributed by atoms with E-state index in [1.807, 2.05) is 57.2 Å². The van der Waals surface area contributed by atoms with Crippen LogP contribution in [-0.4, -0.2) is 101 Å². The number of carbonyl (C=O) groups excluding carboxylic acids is 4. The number of rotatable bonds is 10. The molecule has 4 amide bonds. The molecular formula is C46H66N6O10S. The second-order valence-electron chi connectivity index (χ2n) is 18.8. The molecule has 3 aromatic rings. The van der Waals surface area contributed by atoms with Gasteiger partial charge in [-0.1, -0.05) is 26.0 Å². The molecule has 0 spiro atoms. The van der Waals surface area contributed by atoms with E-state index in [1.54, 1.807) is 46.2 Å². The Kier molecular flexibility index (Phi) is 13.0. The molecule has 2 saturated carbocycles. The van der Waals surface area contributed by atoms with Crippen LogP contribution >= 0.6 is 0 Å². The SMILES string of the molecule is COc1ccc2c(O[C@@H]3C[C@H]4C(=O)N[C@]5(C(=O)NS(=O)(=O)C6CC6)C[C@H]5/C=C\CC[C@H](C)C[C@@H](C)[C@H](NC(=O)OC(C)(C)C)C(=O)N4C3)nc(-c3ccc(OC(C)C)nc3)cc2c1.[HH].[HH].[HH]. The van der Waals surface area contributed by atoms with Gasteiger partial charge in [-0.15, -0.1) is 0 Å². The van der Waals surface area contributed by atoms with Crippen LogP contribution in [0.1, 0.15) is 97.7 Å². The van der Waals surface area contributed by atoms with Crippen molar-refractivity contribution in [2.24, 2.45) is 17.8 Å². The topological polar surface area (TPSA) is 204 Å². The fraction of sp³-hybridized carbons (Fsp3) is 0.565. The van der Waals surface area contributed by atoms with Crippen LogP contribution in [-0.2, 0) is 29.1 Å². The van der Waals surface area contributed by atoms with Crippen molar-refractivity contribution in [1.82, 2.24) is 30.2 Å². The predicted molar refractivity (Wildman–Crippen MR) is 242 cm³/mol. The summed E-state index contributed by atoms with van der Waals surface area (Å²) in [4.78, 5) is 67.9. The number of alkyl carbamates (subject to hydrolysis) is 1. The largest absolute Gasteiger partial charge is 0.497 e. The number of nitrogens with one attached hydrogen (secondary N) is 3. The molecule has 1 saturated heterocycles. The van der Waals surface area contributed by atoms with E-state index in [-0.39, 0.29) is 47.5 Å². The maximum absolute atomic E-state index is 15.0. The first kappa shape index (κ1) is 45.6. The van der Waals surface area contributed by atoms with Crippen LogP contribution < -0.4 is 29.6 Å². The summed E-state index contributed by atoms with van der Waals surface area (Å²) in [6.45, 7) is 12.9. The molecule has 0 bridgehead atoms. The first-order valence-corrected chi connectivity index (χ1v) is 23.4. The van der Waals surface area contributed by atoms with Crippen LogP contribution in [0.25, 0.3) is 22.0 Å². The van der Waals surface area contributed by atoms with Crippen molar-refractivity contribution < 1.29 is 50.8 Å². The van der Waals surface area contributed by atoms with E-state index in [0.717, 1.165) is 11.8 Å². The lowest BCUT2D eigenvalue weighted by Gasteiger charge is -2.33. The Morgan fingerprint density at radius 2 is 1.81 bits per heavy atom. The Hall–Kier alpha value is -5.45. The lowest BCUT2D eigenvalue weighted by Crippen LogP contribution is -2.59. The highest BCUT2D eigenvalue weighted by Gasteiger charge is 2.62. The third-order valence-corrected chi connectivity index (χ3v) is 13.8. The van der Waals surface area contributed by atoms with Gasteiger partial charge in [0.05, 0.1) is 30.7 Å². The van der Waals surface area contributed by atoms with E-state index in [2.05, 4.69) is 27.3 Å². The zero-order chi connectivity index (χ0) is 45.4. The highest BCUT2D eigenvalue weighted by Crippen LogP contribution is 2.46. The lowest BCUT2D eigenvalue weighted by molar-refractivity contribution is -0.142. The molecule has 7 rings (SSSR count). The van der Waals surface area contributed by atoms with Crippen molar-refractivity contribution in [2.75, 3.05) is 13.7 Å². The van der Waals surface area contributed by atoms with E-state index in [4.69, 9.17) is 23.9 Å². The number of allylic oxidation sites excluding steroid dienone is 1. The monoisotopic (exact) mass is 894 g/mol. The predicted octanol–water partition coefficient (Wildman–Crippen LogP) is 6.57. The second kappa shape index (κ2) is 18.0. The van der Waals surface area contributed by atoms with Gasteiger partial charge >= 0.3 is 6.09 Å². The van der Waals surface area contributed by atoms with Gasteiger partial charge < -0.3 is 34.5 Å². The fourth-order valence-electron chi connectivity index (χ4n) is 8.50. The van der Waals surface area contributed by atoms with Crippen molar-refractivity contribution in [3.05, 3.63) is 54.7 Å². The smallest absolute Gasteiger partial charge is 0.408 e. The van der Waals surface area contributed by atoms with Gasteiger partial charge in [0.15, 0.2) is 0 Å². The standard InChI is InChI=1S/C46H60N6O10S.3H2/c1-26(2)60-38-18-13-29(24-47-38)36-21-30-20-32(59-8)14-17-35(30)41(48-36)61-33-22-37-40(53)50-46(43(55)51-63(57,58)34-15-16-34)23-31(46)12-10-9-11-27(3)19-28(4)39(42(54)52(37)25-33)49-44(56)62-45(5,6)7;;;/h10,12-14,17-18,20-21,24,26-28,31,33-34,37,39H,9,11,15-16,19,22-23,25H2,1-8H3,(H,49,56)(H,50,53)(H,51,55);3*1H/b12-10-;;;/t27-,28+,31+,33+,37-,39-,46+;;;/m0.../s1. The average Bonchev–Trinajstić information content (AvgIpc) is 4.14. The Morgan fingerprint density at radius 1 is 1.05 bits per heavy atom. The average molecular weight is 895 g/mol. The Labute approximate surface area is 373 Å². The summed E-state index contributed by atoms with van der Waals surface area (Å²) in [5.41, 5.74) is -1.16. The first-order chi connectivity index (χ1) is 29.7. The normalized spacial score (nSPS) is 27.2. The van der Waals surface area contributed by atoms with Crippen molar-refractivity contribution in [2.45, 2.75) is 134 Å². The highest BCUT2D eigenvalue weighted by molar-refractivity contribution is 7.91. The minimum atomic E-state index is -3.94. The van der Waals surface area contributed by atoms with Gasteiger partial charge in [0.1, 0.15) is 35.1 Å². The van der Waals surface area contributed by atoms with Crippen molar-refractivity contribution in [1.29, 1.82) is 0 Å². The van der Waals surface area contributed by atoms with Crippen molar-refractivity contribution in [3.63, 3.8) is 0 Å². The highest BCUT2D eigenvalue weighted by atomic mass is 32.2. The molecule has 2 aliphatic heterocycles. The summed E-state index contributed by atoms with van der Waals surface area (Å²) < 4.78 is 51.9.